The van der Waals surface area contributed by atoms with E-state index in [4.69, 9.17) is 0 Å². The molecule has 1 aromatic heterocycles. The van der Waals surface area contributed by atoms with E-state index in [0.29, 0.717) is 18.6 Å². The lowest BCUT2D eigenvalue weighted by Gasteiger charge is -2.31. The first-order valence-electron chi connectivity index (χ1n) is 6.56. The van der Waals surface area contributed by atoms with Gasteiger partial charge in [-0.2, -0.15) is 5.10 Å². The molecule has 4 heteroatoms. The van der Waals surface area contributed by atoms with E-state index in [1.165, 1.54) is 6.42 Å². The zero-order valence-electron chi connectivity index (χ0n) is 10.8. The summed E-state index contributed by atoms with van der Waals surface area (Å²) in [7, 11) is 0. The summed E-state index contributed by atoms with van der Waals surface area (Å²) in [6.07, 6.45) is 4.40. The summed E-state index contributed by atoms with van der Waals surface area (Å²) in [5, 5.41) is 13.8. The molecule has 1 aromatic rings. The van der Waals surface area contributed by atoms with Crippen LogP contribution in [0.3, 0.4) is 0 Å². The second-order valence-electron chi connectivity index (χ2n) is 5.31. The van der Waals surface area contributed by atoms with Crippen LogP contribution in [0.1, 0.15) is 38.4 Å². The van der Waals surface area contributed by atoms with Crippen LogP contribution in [0.2, 0.25) is 0 Å². The van der Waals surface area contributed by atoms with E-state index in [0.717, 1.165) is 31.7 Å². The zero-order valence-corrected chi connectivity index (χ0v) is 10.8. The van der Waals surface area contributed by atoms with Crippen LogP contribution >= 0.6 is 0 Å². The van der Waals surface area contributed by atoms with Crippen molar-refractivity contribution in [1.82, 2.24) is 14.7 Å². The van der Waals surface area contributed by atoms with Gasteiger partial charge in [0, 0.05) is 31.9 Å². The average molecular weight is 237 g/mol. The number of aliphatic hydroxyl groups is 1. The Labute approximate surface area is 103 Å². The molecule has 1 aliphatic rings. The molecule has 1 saturated heterocycles. The highest BCUT2D eigenvalue weighted by atomic mass is 16.3. The highest BCUT2D eigenvalue weighted by Crippen LogP contribution is 2.17. The Bertz CT molecular complexity index is 348. The number of hydrogen-bond donors (Lipinski definition) is 1. The number of piperidine rings is 1. The molecule has 2 heterocycles. The molecular weight excluding hydrogens is 214 g/mol. The van der Waals surface area contributed by atoms with Crippen LogP contribution in [0, 0.1) is 5.92 Å². The number of aromatic nitrogens is 2. The molecule has 2 rings (SSSR count). The highest BCUT2D eigenvalue weighted by molar-refractivity contribution is 4.99. The van der Waals surface area contributed by atoms with E-state index >= 15 is 0 Å². The van der Waals surface area contributed by atoms with Gasteiger partial charge in [-0.15, -0.1) is 0 Å². The van der Waals surface area contributed by atoms with Crippen molar-refractivity contribution >= 4 is 0 Å². The van der Waals surface area contributed by atoms with Crippen LogP contribution < -0.4 is 0 Å². The lowest BCUT2D eigenvalue weighted by Crippen LogP contribution is -2.36. The molecule has 1 fully saturated rings. The van der Waals surface area contributed by atoms with Crippen LogP contribution in [0.25, 0.3) is 0 Å². The van der Waals surface area contributed by atoms with Crippen molar-refractivity contribution in [3.05, 3.63) is 18.0 Å². The van der Waals surface area contributed by atoms with Gasteiger partial charge in [-0.05, 0) is 45.2 Å². The van der Waals surface area contributed by atoms with Gasteiger partial charge in [0.25, 0.3) is 0 Å². The third-order valence-electron chi connectivity index (χ3n) is 3.44. The molecule has 96 valence electrons. The van der Waals surface area contributed by atoms with Crippen LogP contribution in [-0.2, 0) is 6.54 Å². The molecule has 0 spiro atoms. The van der Waals surface area contributed by atoms with E-state index < -0.39 is 0 Å². The fourth-order valence-electron chi connectivity index (χ4n) is 2.42. The summed E-state index contributed by atoms with van der Waals surface area (Å²) in [6.45, 7) is 7.64. The van der Waals surface area contributed by atoms with Gasteiger partial charge in [-0.3, -0.25) is 9.58 Å². The Kier molecular flexibility index (Phi) is 4.18. The van der Waals surface area contributed by atoms with Crippen LogP contribution in [-0.4, -0.2) is 39.5 Å². The molecular formula is C13H23N3O. The Balaban J connectivity index is 1.91. The Hall–Kier alpha value is -0.870. The molecule has 1 aliphatic heterocycles. The predicted octanol–water partition coefficient (Wildman–Crippen LogP) is 1.67. The van der Waals surface area contributed by atoms with E-state index in [1.54, 1.807) is 0 Å². The maximum Gasteiger partial charge on any atom is 0.0764 e. The maximum absolute atomic E-state index is 9.21. The molecule has 4 nitrogen and oxygen atoms in total. The largest absolute Gasteiger partial charge is 0.396 e. The molecule has 1 N–H and O–H groups in total. The summed E-state index contributed by atoms with van der Waals surface area (Å²) >= 11 is 0. The van der Waals surface area contributed by atoms with Gasteiger partial charge in [0.1, 0.15) is 0 Å². The van der Waals surface area contributed by atoms with E-state index in [-0.39, 0.29) is 0 Å². The number of nitrogens with zero attached hydrogens (tertiary/aromatic N) is 3. The third-order valence-corrected chi connectivity index (χ3v) is 3.44. The van der Waals surface area contributed by atoms with Crippen molar-refractivity contribution in [2.24, 2.45) is 5.92 Å². The first-order chi connectivity index (χ1) is 8.19. The van der Waals surface area contributed by atoms with Gasteiger partial charge in [0.05, 0.1) is 5.69 Å². The zero-order chi connectivity index (χ0) is 12.3. The third kappa shape index (κ3) is 3.30. The lowest BCUT2D eigenvalue weighted by atomic mass is 9.99. The molecule has 0 amide bonds. The first-order valence-corrected chi connectivity index (χ1v) is 6.56. The maximum atomic E-state index is 9.21. The molecule has 1 unspecified atom stereocenters. The first kappa shape index (κ1) is 12.6. The molecule has 1 atom stereocenters. The molecule has 0 bridgehead atoms. The highest BCUT2D eigenvalue weighted by Gasteiger charge is 2.19. The van der Waals surface area contributed by atoms with Gasteiger partial charge in [0.15, 0.2) is 0 Å². The van der Waals surface area contributed by atoms with Gasteiger partial charge in [-0.1, -0.05) is 0 Å². The summed E-state index contributed by atoms with van der Waals surface area (Å²) in [6, 6.07) is 2.53. The summed E-state index contributed by atoms with van der Waals surface area (Å²) in [5.41, 5.74) is 1.14. The van der Waals surface area contributed by atoms with Crippen molar-refractivity contribution in [2.75, 3.05) is 19.7 Å². The fraction of sp³-hybridized carbons (Fsp3) is 0.769. The quantitative estimate of drug-likeness (QED) is 0.866. The van der Waals surface area contributed by atoms with Crippen molar-refractivity contribution in [2.45, 2.75) is 39.3 Å². The van der Waals surface area contributed by atoms with E-state index in [2.05, 4.69) is 29.9 Å². The number of hydrogen-bond acceptors (Lipinski definition) is 3. The van der Waals surface area contributed by atoms with Crippen molar-refractivity contribution in [1.29, 1.82) is 0 Å². The van der Waals surface area contributed by atoms with Gasteiger partial charge >= 0.3 is 0 Å². The number of rotatable bonds is 4. The van der Waals surface area contributed by atoms with E-state index in [1.807, 2.05) is 10.9 Å². The second kappa shape index (κ2) is 5.65. The van der Waals surface area contributed by atoms with E-state index in [9.17, 15) is 5.11 Å². The van der Waals surface area contributed by atoms with Crippen molar-refractivity contribution < 1.29 is 5.11 Å². The van der Waals surface area contributed by atoms with Crippen molar-refractivity contribution in [3.8, 4) is 0 Å². The Morgan fingerprint density at radius 2 is 2.35 bits per heavy atom. The van der Waals surface area contributed by atoms with Gasteiger partial charge < -0.3 is 5.11 Å². The topological polar surface area (TPSA) is 41.3 Å². The Morgan fingerprint density at radius 3 is 3.00 bits per heavy atom. The SMILES string of the molecule is CC(C)n1ccc(CN2CCCC(CO)C2)n1. The lowest BCUT2D eigenvalue weighted by molar-refractivity contribution is 0.115. The predicted molar refractivity (Wildman–Crippen MR) is 67.7 cm³/mol. The molecule has 0 aliphatic carbocycles. The Morgan fingerprint density at radius 1 is 1.53 bits per heavy atom. The standard InChI is InChI=1S/C13H23N3O/c1-11(2)16-7-5-13(14-16)9-15-6-3-4-12(8-15)10-17/h5,7,11-12,17H,3-4,6,8-10H2,1-2H3. The summed E-state index contributed by atoms with van der Waals surface area (Å²) < 4.78 is 2.00. The second-order valence-corrected chi connectivity index (χ2v) is 5.31. The van der Waals surface area contributed by atoms with Crippen LogP contribution in [0.4, 0.5) is 0 Å². The average Bonchev–Trinajstić information content (AvgIpc) is 2.78. The summed E-state index contributed by atoms with van der Waals surface area (Å²) in [5.74, 6) is 0.455. The number of aliphatic hydroxyl groups excluding tert-OH is 1. The minimum Gasteiger partial charge on any atom is -0.396 e. The van der Waals surface area contributed by atoms with Crippen LogP contribution in [0.5, 0.6) is 0 Å². The molecule has 0 saturated carbocycles. The minimum absolute atomic E-state index is 0.316. The summed E-state index contributed by atoms with van der Waals surface area (Å²) in [4.78, 5) is 2.40. The monoisotopic (exact) mass is 237 g/mol. The fourth-order valence-corrected chi connectivity index (χ4v) is 2.42. The minimum atomic E-state index is 0.316. The van der Waals surface area contributed by atoms with Crippen molar-refractivity contribution in [3.63, 3.8) is 0 Å². The molecule has 17 heavy (non-hydrogen) atoms. The normalized spacial score (nSPS) is 22.2. The number of likely N-dealkylation sites (tertiary alicyclic amines) is 1. The smallest absolute Gasteiger partial charge is 0.0764 e. The molecule has 0 aromatic carbocycles. The van der Waals surface area contributed by atoms with Crippen LogP contribution in [0.15, 0.2) is 12.3 Å². The molecule has 0 radical (unpaired) electrons. The van der Waals surface area contributed by atoms with Gasteiger partial charge in [0.2, 0.25) is 0 Å². The van der Waals surface area contributed by atoms with Gasteiger partial charge in [-0.25, -0.2) is 0 Å².